The molecular weight excluding hydrogens is 398 g/mol. The summed E-state index contributed by atoms with van der Waals surface area (Å²) in [6.07, 6.45) is -1.07. The van der Waals surface area contributed by atoms with Crippen LogP contribution in [-0.4, -0.2) is 34.0 Å². The third kappa shape index (κ3) is 4.85. The van der Waals surface area contributed by atoms with Gasteiger partial charge < -0.3 is 10.1 Å². The Hall–Kier alpha value is -3.81. The molecule has 1 unspecified atom stereocenters. The number of nitrogens with one attached hydrogen (secondary N) is 2. The molecule has 0 fully saturated rings. The zero-order valence-electron chi connectivity index (χ0n) is 17.7. The predicted octanol–water partition coefficient (Wildman–Crippen LogP) is 3.34. The third-order valence-electron chi connectivity index (χ3n) is 4.65. The topological polar surface area (TPSA) is 118 Å². The van der Waals surface area contributed by atoms with Gasteiger partial charge in [0.25, 0.3) is 5.56 Å². The molecule has 31 heavy (non-hydrogen) atoms. The standard InChI is InChI=1S/C23H23N3O5/c1-13(19(27)14-9-11-15(12-10-14)24-22(30)23(2,3)4)31-21(29)18-16-7-5-6-8-17(16)20(28)26-25-18/h5-13H,1-4H3,(H,24,30)(H,26,28). The first-order valence-electron chi connectivity index (χ1n) is 9.72. The maximum Gasteiger partial charge on any atom is 0.360 e. The molecule has 0 bridgehead atoms. The van der Waals surface area contributed by atoms with Gasteiger partial charge in [0, 0.05) is 22.1 Å². The van der Waals surface area contributed by atoms with Crippen LogP contribution in [-0.2, 0) is 9.53 Å². The van der Waals surface area contributed by atoms with Crippen LogP contribution >= 0.6 is 0 Å². The first-order valence-corrected chi connectivity index (χ1v) is 9.72. The van der Waals surface area contributed by atoms with Crippen LogP contribution < -0.4 is 10.9 Å². The smallest absolute Gasteiger partial charge is 0.360 e. The molecule has 0 aliphatic carbocycles. The van der Waals surface area contributed by atoms with Gasteiger partial charge in [0.15, 0.2) is 11.8 Å². The Morgan fingerprint density at radius 1 is 1.00 bits per heavy atom. The van der Waals surface area contributed by atoms with Gasteiger partial charge in [-0.3, -0.25) is 14.4 Å². The summed E-state index contributed by atoms with van der Waals surface area (Å²) in [6, 6.07) is 12.8. The molecule has 3 aromatic rings. The number of hydrogen-bond acceptors (Lipinski definition) is 6. The summed E-state index contributed by atoms with van der Waals surface area (Å²) in [4.78, 5) is 49.2. The first-order chi connectivity index (χ1) is 14.6. The van der Waals surface area contributed by atoms with E-state index < -0.39 is 28.8 Å². The van der Waals surface area contributed by atoms with E-state index in [2.05, 4.69) is 15.5 Å². The lowest BCUT2D eigenvalue weighted by atomic mass is 9.95. The molecule has 1 atom stereocenters. The number of amides is 1. The number of carbonyl (C=O) groups excluding carboxylic acids is 3. The first kappa shape index (κ1) is 21.9. The number of aromatic nitrogens is 2. The zero-order valence-corrected chi connectivity index (χ0v) is 17.7. The summed E-state index contributed by atoms with van der Waals surface area (Å²) in [5.74, 6) is -1.37. The molecule has 0 aliphatic rings. The van der Waals surface area contributed by atoms with E-state index in [1.165, 1.54) is 6.92 Å². The molecule has 3 rings (SSSR count). The Balaban J connectivity index is 1.72. The van der Waals surface area contributed by atoms with Crippen LogP contribution in [0.25, 0.3) is 10.8 Å². The number of esters is 1. The van der Waals surface area contributed by atoms with Crippen molar-refractivity contribution >= 4 is 34.1 Å². The highest BCUT2D eigenvalue weighted by Crippen LogP contribution is 2.19. The van der Waals surface area contributed by atoms with Crippen molar-refractivity contribution in [3.05, 3.63) is 70.1 Å². The Morgan fingerprint density at radius 2 is 1.61 bits per heavy atom. The molecule has 0 saturated heterocycles. The minimum atomic E-state index is -1.07. The number of anilines is 1. The molecule has 8 heteroatoms. The maximum atomic E-state index is 12.7. The lowest BCUT2D eigenvalue weighted by Crippen LogP contribution is -2.28. The van der Waals surface area contributed by atoms with Crippen LogP contribution in [0, 0.1) is 5.41 Å². The summed E-state index contributed by atoms with van der Waals surface area (Å²) < 4.78 is 5.30. The maximum absolute atomic E-state index is 12.7. The van der Waals surface area contributed by atoms with Gasteiger partial charge in [-0.2, -0.15) is 5.10 Å². The molecule has 0 radical (unpaired) electrons. The van der Waals surface area contributed by atoms with Gasteiger partial charge in [0.05, 0.1) is 5.39 Å². The molecule has 2 aromatic carbocycles. The van der Waals surface area contributed by atoms with Crippen molar-refractivity contribution in [3.63, 3.8) is 0 Å². The Labute approximate surface area is 178 Å². The van der Waals surface area contributed by atoms with Crippen molar-refractivity contribution in [2.24, 2.45) is 5.41 Å². The fraction of sp³-hybridized carbons (Fsp3) is 0.261. The van der Waals surface area contributed by atoms with Crippen molar-refractivity contribution < 1.29 is 19.1 Å². The number of carbonyl (C=O) groups is 3. The van der Waals surface area contributed by atoms with E-state index >= 15 is 0 Å². The normalized spacial score (nSPS) is 12.3. The average molecular weight is 421 g/mol. The van der Waals surface area contributed by atoms with Gasteiger partial charge in [-0.25, -0.2) is 9.89 Å². The molecule has 1 amide bonds. The van der Waals surface area contributed by atoms with Crippen molar-refractivity contribution in [3.8, 4) is 0 Å². The largest absolute Gasteiger partial charge is 0.449 e. The van der Waals surface area contributed by atoms with Gasteiger partial charge in [0.2, 0.25) is 11.7 Å². The number of nitrogens with zero attached hydrogens (tertiary/aromatic N) is 1. The number of benzene rings is 2. The number of aromatic amines is 1. The van der Waals surface area contributed by atoms with Gasteiger partial charge >= 0.3 is 5.97 Å². The van der Waals surface area contributed by atoms with E-state index in [9.17, 15) is 19.2 Å². The van der Waals surface area contributed by atoms with E-state index in [-0.39, 0.29) is 11.6 Å². The fourth-order valence-corrected chi connectivity index (χ4v) is 2.81. The van der Waals surface area contributed by atoms with Crippen LogP contribution in [0.2, 0.25) is 0 Å². The predicted molar refractivity (Wildman–Crippen MR) is 116 cm³/mol. The number of Topliss-reactive ketones (excluding diaryl/α,β-unsaturated/α-hetero) is 1. The molecular formula is C23H23N3O5. The average Bonchev–Trinajstić information content (AvgIpc) is 2.73. The molecule has 1 aromatic heterocycles. The summed E-state index contributed by atoms with van der Waals surface area (Å²) >= 11 is 0. The van der Waals surface area contributed by atoms with Gasteiger partial charge in [-0.1, -0.05) is 39.0 Å². The highest BCUT2D eigenvalue weighted by atomic mass is 16.5. The molecule has 160 valence electrons. The second-order valence-corrected chi connectivity index (χ2v) is 8.14. The minimum Gasteiger partial charge on any atom is -0.449 e. The van der Waals surface area contributed by atoms with E-state index in [1.807, 2.05) is 0 Å². The van der Waals surface area contributed by atoms with E-state index in [0.29, 0.717) is 22.0 Å². The van der Waals surface area contributed by atoms with Crippen LogP contribution in [0.15, 0.2) is 53.3 Å². The number of ether oxygens (including phenoxy) is 1. The molecule has 1 heterocycles. The third-order valence-corrected chi connectivity index (χ3v) is 4.65. The molecule has 0 spiro atoms. The van der Waals surface area contributed by atoms with Crippen LogP contribution in [0.1, 0.15) is 48.5 Å². The van der Waals surface area contributed by atoms with Gasteiger partial charge in [-0.15, -0.1) is 0 Å². The zero-order chi connectivity index (χ0) is 22.8. The number of fused-ring (bicyclic) bond motifs is 1. The van der Waals surface area contributed by atoms with E-state index in [4.69, 9.17) is 4.74 Å². The number of ketones is 1. The number of hydrogen-bond donors (Lipinski definition) is 2. The van der Waals surface area contributed by atoms with Gasteiger partial charge in [-0.05, 0) is 37.3 Å². The quantitative estimate of drug-likeness (QED) is 0.482. The van der Waals surface area contributed by atoms with Crippen molar-refractivity contribution in [2.75, 3.05) is 5.32 Å². The van der Waals surface area contributed by atoms with Gasteiger partial charge in [0.1, 0.15) is 0 Å². The fourth-order valence-electron chi connectivity index (χ4n) is 2.81. The summed E-state index contributed by atoms with van der Waals surface area (Å²) in [5, 5.41) is 9.48. The molecule has 0 aliphatic heterocycles. The lowest BCUT2D eigenvalue weighted by Gasteiger charge is -2.18. The number of H-pyrrole nitrogens is 1. The minimum absolute atomic E-state index is 0.0740. The van der Waals surface area contributed by atoms with E-state index in [0.717, 1.165) is 0 Å². The molecule has 0 saturated carbocycles. The SMILES string of the molecule is CC(OC(=O)c1n[nH]c(=O)c2ccccc12)C(=O)c1ccc(NC(=O)C(C)(C)C)cc1. The summed E-state index contributed by atoms with van der Waals surface area (Å²) in [7, 11) is 0. The highest BCUT2D eigenvalue weighted by Gasteiger charge is 2.24. The second kappa shape index (κ2) is 8.51. The molecule has 8 nitrogen and oxygen atoms in total. The van der Waals surface area contributed by atoms with Crippen molar-refractivity contribution in [1.82, 2.24) is 10.2 Å². The monoisotopic (exact) mass is 421 g/mol. The highest BCUT2D eigenvalue weighted by molar-refractivity contribution is 6.05. The summed E-state index contributed by atoms with van der Waals surface area (Å²) in [6.45, 7) is 6.87. The Kier molecular flexibility index (Phi) is 6.01. The summed E-state index contributed by atoms with van der Waals surface area (Å²) in [5.41, 5.74) is -0.152. The van der Waals surface area contributed by atoms with Crippen LogP contribution in [0.3, 0.4) is 0 Å². The second-order valence-electron chi connectivity index (χ2n) is 8.14. The molecule has 2 N–H and O–H groups in total. The van der Waals surface area contributed by atoms with E-state index in [1.54, 1.807) is 69.3 Å². The lowest BCUT2D eigenvalue weighted by molar-refractivity contribution is -0.123. The van der Waals surface area contributed by atoms with Crippen molar-refractivity contribution in [1.29, 1.82) is 0 Å². The Morgan fingerprint density at radius 3 is 2.23 bits per heavy atom. The number of rotatable bonds is 5. The van der Waals surface area contributed by atoms with Crippen LogP contribution in [0.5, 0.6) is 0 Å². The Bertz CT molecular complexity index is 1210. The van der Waals surface area contributed by atoms with Crippen molar-refractivity contribution in [2.45, 2.75) is 33.8 Å². The van der Waals surface area contributed by atoms with Crippen LogP contribution in [0.4, 0.5) is 5.69 Å².